The van der Waals surface area contributed by atoms with Gasteiger partial charge in [-0.1, -0.05) is 25.0 Å². The first-order valence-corrected chi connectivity index (χ1v) is 8.88. The maximum Gasteiger partial charge on any atom is 0.329 e. The van der Waals surface area contributed by atoms with Gasteiger partial charge in [0.2, 0.25) is 0 Å². The fourth-order valence-corrected chi connectivity index (χ4v) is 3.38. The molecule has 2 aliphatic rings. The monoisotopic (exact) mass is 358 g/mol. The second-order valence-corrected chi connectivity index (χ2v) is 6.77. The summed E-state index contributed by atoms with van der Waals surface area (Å²) in [7, 11) is 0. The number of imide groups is 1. The molecule has 138 valence electrons. The first-order valence-electron chi connectivity index (χ1n) is 8.88. The molecule has 1 heterocycles. The number of nitrogens with zero attached hydrogens (tertiary/aromatic N) is 1. The molecular weight excluding hydrogens is 336 g/mol. The summed E-state index contributed by atoms with van der Waals surface area (Å²) in [6.07, 6.45) is 3.03. The van der Waals surface area contributed by atoms with E-state index in [2.05, 4.69) is 5.32 Å². The Morgan fingerprint density at radius 2 is 1.62 bits per heavy atom. The average Bonchev–Trinajstić information content (AvgIpc) is 3.22. The number of benzene rings is 1. The maximum absolute atomic E-state index is 12.4. The third-order valence-corrected chi connectivity index (χ3v) is 4.92. The topological polar surface area (TPSA) is 92.8 Å². The molecule has 0 bridgehead atoms. The normalized spacial score (nSPS) is 19.2. The molecule has 3 amide bonds. The van der Waals surface area contributed by atoms with Crippen molar-refractivity contribution in [1.82, 2.24) is 10.2 Å². The van der Waals surface area contributed by atoms with Crippen LogP contribution in [0.1, 0.15) is 60.2 Å². The molecule has 2 atom stereocenters. The van der Waals surface area contributed by atoms with Crippen LogP contribution in [0, 0.1) is 0 Å². The van der Waals surface area contributed by atoms with Gasteiger partial charge in [0.1, 0.15) is 6.04 Å². The zero-order chi connectivity index (χ0) is 18.8. The van der Waals surface area contributed by atoms with Gasteiger partial charge in [-0.05, 0) is 38.8 Å². The number of nitrogens with one attached hydrogen (secondary N) is 1. The van der Waals surface area contributed by atoms with Crippen molar-refractivity contribution in [3.8, 4) is 0 Å². The fraction of sp³-hybridized carbons (Fsp3) is 0.474. The Bertz CT molecular complexity index is 719. The van der Waals surface area contributed by atoms with E-state index >= 15 is 0 Å². The first-order chi connectivity index (χ1) is 12.4. The highest BCUT2D eigenvalue weighted by atomic mass is 16.5. The molecule has 1 N–H and O–H groups in total. The van der Waals surface area contributed by atoms with Gasteiger partial charge in [0.05, 0.1) is 11.1 Å². The van der Waals surface area contributed by atoms with Gasteiger partial charge in [-0.2, -0.15) is 0 Å². The van der Waals surface area contributed by atoms with E-state index in [0.29, 0.717) is 0 Å². The minimum absolute atomic E-state index is 0.123. The highest BCUT2D eigenvalue weighted by Gasteiger charge is 2.41. The van der Waals surface area contributed by atoms with Crippen LogP contribution >= 0.6 is 0 Å². The molecule has 1 fully saturated rings. The standard InChI is InChI=1S/C19H22N2O5/c1-11(21-17(23)14-9-5-6-10-15(14)18(21)24)19(25)26-12(2)16(22)20-13-7-3-4-8-13/h5-6,9-13H,3-4,7-8H2,1-2H3,(H,20,22)/t11-,12+/m1/s1. The van der Waals surface area contributed by atoms with Gasteiger partial charge in [-0.15, -0.1) is 0 Å². The Kier molecular flexibility index (Phi) is 5.06. The minimum atomic E-state index is -1.11. The van der Waals surface area contributed by atoms with E-state index in [9.17, 15) is 19.2 Å². The van der Waals surface area contributed by atoms with Crippen LogP contribution in [0.15, 0.2) is 24.3 Å². The Balaban J connectivity index is 1.62. The number of fused-ring (bicyclic) bond motifs is 1. The van der Waals surface area contributed by atoms with Crippen molar-refractivity contribution < 1.29 is 23.9 Å². The van der Waals surface area contributed by atoms with Crippen molar-refractivity contribution in [2.45, 2.75) is 57.7 Å². The molecule has 7 heteroatoms. The largest absolute Gasteiger partial charge is 0.451 e. The van der Waals surface area contributed by atoms with Crippen molar-refractivity contribution in [3.63, 3.8) is 0 Å². The van der Waals surface area contributed by atoms with E-state index in [0.717, 1.165) is 30.6 Å². The summed E-state index contributed by atoms with van der Waals surface area (Å²) in [6.45, 7) is 2.91. The molecule has 1 aromatic rings. The van der Waals surface area contributed by atoms with Crippen molar-refractivity contribution in [2.75, 3.05) is 0 Å². The third kappa shape index (κ3) is 3.34. The lowest BCUT2D eigenvalue weighted by Gasteiger charge is -2.23. The molecule has 1 aliphatic heterocycles. The van der Waals surface area contributed by atoms with E-state index < -0.39 is 29.9 Å². The lowest BCUT2D eigenvalue weighted by Crippen LogP contribution is -2.47. The van der Waals surface area contributed by atoms with Crippen LogP contribution in [0.3, 0.4) is 0 Å². The van der Waals surface area contributed by atoms with Gasteiger partial charge in [0.15, 0.2) is 6.10 Å². The summed E-state index contributed by atoms with van der Waals surface area (Å²) in [5.41, 5.74) is 0.536. The van der Waals surface area contributed by atoms with Gasteiger partial charge in [0.25, 0.3) is 17.7 Å². The summed E-state index contributed by atoms with van der Waals surface area (Å²) in [5, 5.41) is 2.86. The quantitative estimate of drug-likeness (QED) is 0.638. The smallest absolute Gasteiger partial charge is 0.329 e. The summed E-state index contributed by atoms with van der Waals surface area (Å²) in [6, 6.07) is 5.43. The van der Waals surface area contributed by atoms with Gasteiger partial charge in [-0.3, -0.25) is 19.3 Å². The lowest BCUT2D eigenvalue weighted by molar-refractivity contribution is -0.158. The number of carbonyl (C=O) groups excluding carboxylic acids is 4. The molecule has 7 nitrogen and oxygen atoms in total. The number of rotatable bonds is 5. The molecular formula is C19H22N2O5. The number of esters is 1. The SMILES string of the molecule is C[C@H](OC(=O)[C@@H](C)N1C(=O)c2ccccc2C1=O)C(=O)NC1CCCC1. The van der Waals surface area contributed by atoms with Crippen molar-refractivity contribution in [3.05, 3.63) is 35.4 Å². The summed E-state index contributed by atoms with van der Waals surface area (Å²) in [4.78, 5) is 50.3. The highest BCUT2D eigenvalue weighted by molar-refractivity contribution is 6.22. The van der Waals surface area contributed by atoms with Crippen LogP contribution < -0.4 is 5.32 Å². The molecule has 0 aromatic heterocycles. The predicted octanol–water partition coefficient (Wildman–Crippen LogP) is 1.66. The molecule has 3 rings (SSSR count). The molecule has 26 heavy (non-hydrogen) atoms. The summed E-state index contributed by atoms with van der Waals surface area (Å²) in [5.74, 6) is -2.20. The zero-order valence-electron chi connectivity index (χ0n) is 14.9. The van der Waals surface area contributed by atoms with Crippen LogP contribution in [0.2, 0.25) is 0 Å². The molecule has 0 saturated heterocycles. The predicted molar refractivity (Wildman–Crippen MR) is 92.4 cm³/mol. The van der Waals surface area contributed by atoms with Crippen molar-refractivity contribution in [2.24, 2.45) is 0 Å². The van der Waals surface area contributed by atoms with Gasteiger partial charge < -0.3 is 10.1 Å². The number of amides is 3. The van der Waals surface area contributed by atoms with Crippen LogP contribution in [0.25, 0.3) is 0 Å². The Morgan fingerprint density at radius 1 is 1.08 bits per heavy atom. The molecule has 1 saturated carbocycles. The molecule has 1 aromatic carbocycles. The summed E-state index contributed by atoms with van der Waals surface area (Å²) < 4.78 is 5.20. The fourth-order valence-electron chi connectivity index (χ4n) is 3.38. The minimum Gasteiger partial charge on any atom is -0.451 e. The highest BCUT2D eigenvalue weighted by Crippen LogP contribution is 2.25. The van der Waals surface area contributed by atoms with Crippen LogP contribution in [-0.4, -0.2) is 46.8 Å². The second-order valence-electron chi connectivity index (χ2n) is 6.77. The van der Waals surface area contributed by atoms with Crippen LogP contribution in [0.4, 0.5) is 0 Å². The van der Waals surface area contributed by atoms with Gasteiger partial charge in [0, 0.05) is 6.04 Å². The van der Waals surface area contributed by atoms with Gasteiger partial charge >= 0.3 is 5.97 Å². The molecule has 0 radical (unpaired) electrons. The zero-order valence-corrected chi connectivity index (χ0v) is 14.9. The van der Waals surface area contributed by atoms with E-state index in [1.807, 2.05) is 0 Å². The Hall–Kier alpha value is -2.70. The summed E-state index contributed by atoms with van der Waals surface area (Å²) >= 11 is 0. The number of carbonyl (C=O) groups is 4. The van der Waals surface area contributed by atoms with Crippen molar-refractivity contribution in [1.29, 1.82) is 0 Å². The van der Waals surface area contributed by atoms with Gasteiger partial charge in [-0.25, -0.2) is 4.79 Å². The van der Waals surface area contributed by atoms with E-state index in [1.165, 1.54) is 13.8 Å². The van der Waals surface area contributed by atoms with E-state index in [-0.39, 0.29) is 23.1 Å². The lowest BCUT2D eigenvalue weighted by atomic mass is 10.1. The van der Waals surface area contributed by atoms with E-state index in [1.54, 1.807) is 24.3 Å². The van der Waals surface area contributed by atoms with Crippen LogP contribution in [0.5, 0.6) is 0 Å². The van der Waals surface area contributed by atoms with Crippen LogP contribution in [-0.2, 0) is 14.3 Å². The third-order valence-electron chi connectivity index (χ3n) is 4.92. The number of hydrogen-bond acceptors (Lipinski definition) is 5. The Labute approximate surface area is 151 Å². The number of ether oxygens (including phenoxy) is 1. The first kappa shape index (κ1) is 18.1. The van der Waals surface area contributed by atoms with Crippen molar-refractivity contribution >= 4 is 23.7 Å². The Morgan fingerprint density at radius 3 is 2.15 bits per heavy atom. The molecule has 0 spiro atoms. The average molecular weight is 358 g/mol. The second kappa shape index (κ2) is 7.27. The number of hydrogen-bond donors (Lipinski definition) is 1. The van der Waals surface area contributed by atoms with E-state index in [4.69, 9.17) is 4.74 Å². The molecule has 1 aliphatic carbocycles. The maximum atomic E-state index is 12.4. The molecule has 0 unspecified atom stereocenters.